The van der Waals surface area contributed by atoms with Crippen molar-refractivity contribution >= 4 is 21.6 Å². The maximum Gasteiger partial charge on any atom is 0.0381 e. The van der Waals surface area contributed by atoms with Gasteiger partial charge >= 0.3 is 0 Å². The molecule has 0 saturated heterocycles. The Hall–Kier alpha value is -0.500. The molecule has 0 atom stereocenters. The van der Waals surface area contributed by atoms with Gasteiger partial charge in [0, 0.05) is 16.7 Å². The second-order valence-corrected chi connectivity index (χ2v) is 5.11. The molecular weight excluding hydrogens is 262 g/mol. The first kappa shape index (κ1) is 13.6. The van der Waals surface area contributed by atoms with E-state index < -0.39 is 0 Å². The Morgan fingerprint density at radius 2 is 1.88 bits per heavy atom. The topological polar surface area (TPSA) is 12.0 Å². The lowest BCUT2D eigenvalue weighted by Crippen LogP contribution is -2.03. The van der Waals surface area contributed by atoms with Gasteiger partial charge in [-0.1, -0.05) is 54.6 Å². The highest BCUT2D eigenvalue weighted by molar-refractivity contribution is 9.10. The van der Waals surface area contributed by atoms with Crippen LogP contribution in [0.5, 0.6) is 0 Å². The van der Waals surface area contributed by atoms with E-state index in [0.29, 0.717) is 0 Å². The molecule has 0 heterocycles. The maximum atomic E-state index is 3.55. The molecule has 0 fully saturated rings. The van der Waals surface area contributed by atoms with Crippen molar-refractivity contribution in [3.63, 3.8) is 0 Å². The van der Waals surface area contributed by atoms with Crippen LogP contribution in [0.3, 0.4) is 0 Å². The predicted octanol–water partition coefficient (Wildman–Crippen LogP) is 5.14. The molecule has 0 saturated carbocycles. The van der Waals surface area contributed by atoms with E-state index in [4.69, 9.17) is 0 Å². The van der Waals surface area contributed by atoms with Crippen LogP contribution >= 0.6 is 15.9 Å². The number of anilines is 1. The molecule has 0 bridgehead atoms. The number of unbranched alkanes of at least 4 members (excludes halogenated alkanes) is 4. The van der Waals surface area contributed by atoms with Crippen molar-refractivity contribution in [2.24, 2.45) is 0 Å². The summed E-state index contributed by atoms with van der Waals surface area (Å²) in [6.45, 7) is 5.48. The smallest absolute Gasteiger partial charge is 0.0381 e. The summed E-state index contributed by atoms with van der Waals surface area (Å²) in [5, 5.41) is 3.50. The van der Waals surface area contributed by atoms with Gasteiger partial charge in [0.05, 0.1) is 0 Å². The zero-order valence-corrected chi connectivity index (χ0v) is 11.9. The van der Waals surface area contributed by atoms with Gasteiger partial charge in [0.25, 0.3) is 0 Å². The highest BCUT2D eigenvalue weighted by Crippen LogP contribution is 2.23. The number of hydrogen-bond acceptors (Lipinski definition) is 1. The van der Waals surface area contributed by atoms with Gasteiger partial charge in [0.2, 0.25) is 0 Å². The Morgan fingerprint density at radius 1 is 1.12 bits per heavy atom. The fourth-order valence-electron chi connectivity index (χ4n) is 1.75. The molecule has 1 nitrogen and oxygen atoms in total. The zero-order valence-electron chi connectivity index (χ0n) is 10.4. The van der Waals surface area contributed by atoms with Crippen LogP contribution in [0.15, 0.2) is 22.7 Å². The first-order valence-electron chi connectivity index (χ1n) is 6.24. The summed E-state index contributed by atoms with van der Waals surface area (Å²) in [6, 6.07) is 6.31. The third kappa shape index (κ3) is 4.56. The Bertz CT molecular complexity index is 310. The number of rotatable bonds is 7. The first-order valence-corrected chi connectivity index (χ1v) is 7.04. The molecule has 0 aliphatic heterocycles. The monoisotopic (exact) mass is 283 g/mol. The molecule has 0 radical (unpaired) electrons. The molecule has 0 amide bonds. The van der Waals surface area contributed by atoms with Crippen molar-refractivity contribution in [1.82, 2.24) is 0 Å². The Labute approximate surface area is 108 Å². The van der Waals surface area contributed by atoms with Crippen LogP contribution in [0.4, 0.5) is 5.69 Å². The molecule has 1 N–H and O–H groups in total. The molecule has 16 heavy (non-hydrogen) atoms. The summed E-state index contributed by atoms with van der Waals surface area (Å²) in [5.74, 6) is 0. The quantitative estimate of drug-likeness (QED) is 0.683. The van der Waals surface area contributed by atoms with E-state index in [0.717, 1.165) is 6.54 Å². The average Bonchev–Trinajstić information content (AvgIpc) is 2.29. The Balaban J connectivity index is 2.24. The summed E-state index contributed by atoms with van der Waals surface area (Å²) in [6.07, 6.45) is 6.67. The van der Waals surface area contributed by atoms with Crippen molar-refractivity contribution in [1.29, 1.82) is 0 Å². The molecule has 0 aromatic heterocycles. The highest BCUT2D eigenvalue weighted by Gasteiger charge is 1.99. The van der Waals surface area contributed by atoms with Crippen LogP contribution < -0.4 is 5.32 Å². The molecule has 2 heteroatoms. The van der Waals surface area contributed by atoms with Crippen molar-refractivity contribution in [3.05, 3.63) is 28.2 Å². The van der Waals surface area contributed by atoms with Crippen molar-refractivity contribution in [2.75, 3.05) is 11.9 Å². The fraction of sp³-hybridized carbons (Fsp3) is 0.571. The standard InChI is InChI=1S/C14H22BrN/c1-3-4-5-6-7-11-16-14-10-8-9-13(15)12(14)2/h8-10,16H,3-7,11H2,1-2H3. The Kier molecular flexibility index (Phi) is 6.55. The molecular formula is C14H22BrN. The van der Waals surface area contributed by atoms with Crippen molar-refractivity contribution in [3.8, 4) is 0 Å². The molecule has 90 valence electrons. The van der Waals surface area contributed by atoms with Gasteiger partial charge in [-0.05, 0) is 31.0 Å². The number of nitrogens with one attached hydrogen (secondary N) is 1. The van der Waals surface area contributed by atoms with Crippen LogP contribution in [0.1, 0.15) is 44.6 Å². The Morgan fingerprint density at radius 3 is 2.62 bits per heavy atom. The molecule has 0 aliphatic rings. The second kappa shape index (κ2) is 7.72. The summed E-state index contributed by atoms with van der Waals surface area (Å²) in [5.41, 5.74) is 2.56. The van der Waals surface area contributed by atoms with E-state index in [1.165, 1.54) is 47.8 Å². The van der Waals surface area contributed by atoms with Gasteiger partial charge in [0.1, 0.15) is 0 Å². The fourth-order valence-corrected chi connectivity index (χ4v) is 2.12. The lowest BCUT2D eigenvalue weighted by Gasteiger charge is -2.10. The lowest BCUT2D eigenvalue weighted by atomic mass is 10.1. The number of benzene rings is 1. The minimum Gasteiger partial charge on any atom is -0.385 e. The lowest BCUT2D eigenvalue weighted by molar-refractivity contribution is 0.645. The minimum absolute atomic E-state index is 1.08. The van der Waals surface area contributed by atoms with Crippen LogP contribution in [-0.2, 0) is 0 Å². The van der Waals surface area contributed by atoms with Gasteiger partial charge in [0.15, 0.2) is 0 Å². The predicted molar refractivity (Wildman–Crippen MR) is 76.1 cm³/mol. The number of halogens is 1. The summed E-state index contributed by atoms with van der Waals surface area (Å²) >= 11 is 3.55. The van der Waals surface area contributed by atoms with Gasteiger partial charge < -0.3 is 5.32 Å². The summed E-state index contributed by atoms with van der Waals surface area (Å²) < 4.78 is 1.18. The van der Waals surface area contributed by atoms with Gasteiger partial charge in [-0.25, -0.2) is 0 Å². The molecule has 0 aliphatic carbocycles. The van der Waals surface area contributed by atoms with Crippen LogP contribution in [0.25, 0.3) is 0 Å². The van der Waals surface area contributed by atoms with Crippen LogP contribution in [0, 0.1) is 6.92 Å². The second-order valence-electron chi connectivity index (χ2n) is 4.25. The SMILES string of the molecule is CCCCCCCNc1cccc(Br)c1C. The van der Waals surface area contributed by atoms with Gasteiger partial charge in [-0.2, -0.15) is 0 Å². The maximum absolute atomic E-state index is 3.55. The van der Waals surface area contributed by atoms with Crippen molar-refractivity contribution < 1.29 is 0 Å². The third-order valence-electron chi connectivity index (χ3n) is 2.86. The van der Waals surface area contributed by atoms with E-state index >= 15 is 0 Å². The molecule has 1 aromatic rings. The molecule has 0 unspecified atom stereocenters. The zero-order chi connectivity index (χ0) is 11.8. The molecule has 1 aromatic carbocycles. The van der Waals surface area contributed by atoms with Gasteiger partial charge in [-0.3, -0.25) is 0 Å². The van der Waals surface area contributed by atoms with E-state index in [1.54, 1.807) is 0 Å². The molecule has 0 spiro atoms. The van der Waals surface area contributed by atoms with E-state index in [1.807, 2.05) is 0 Å². The summed E-state index contributed by atoms with van der Waals surface area (Å²) in [4.78, 5) is 0. The molecule has 1 rings (SSSR count). The third-order valence-corrected chi connectivity index (χ3v) is 3.72. The number of hydrogen-bond donors (Lipinski definition) is 1. The van der Waals surface area contributed by atoms with E-state index in [9.17, 15) is 0 Å². The first-order chi connectivity index (χ1) is 7.75. The summed E-state index contributed by atoms with van der Waals surface area (Å²) in [7, 11) is 0. The minimum atomic E-state index is 1.08. The van der Waals surface area contributed by atoms with E-state index in [2.05, 4.69) is 53.3 Å². The highest BCUT2D eigenvalue weighted by atomic mass is 79.9. The average molecular weight is 284 g/mol. The van der Waals surface area contributed by atoms with Crippen LogP contribution in [0.2, 0.25) is 0 Å². The van der Waals surface area contributed by atoms with Crippen LogP contribution in [-0.4, -0.2) is 6.54 Å². The van der Waals surface area contributed by atoms with Crippen molar-refractivity contribution in [2.45, 2.75) is 46.0 Å². The largest absolute Gasteiger partial charge is 0.385 e. The van der Waals surface area contributed by atoms with E-state index in [-0.39, 0.29) is 0 Å². The van der Waals surface area contributed by atoms with Gasteiger partial charge in [-0.15, -0.1) is 0 Å². The normalized spacial score (nSPS) is 10.4.